The Morgan fingerprint density at radius 1 is 1.30 bits per heavy atom. The van der Waals surface area contributed by atoms with E-state index in [-0.39, 0.29) is 0 Å². The summed E-state index contributed by atoms with van der Waals surface area (Å²) in [5.41, 5.74) is 1.52. The maximum Gasteiger partial charge on any atom is 0.0995 e. The van der Waals surface area contributed by atoms with Crippen LogP contribution in [0.5, 0.6) is 0 Å². The molecule has 1 unspecified atom stereocenters. The summed E-state index contributed by atoms with van der Waals surface area (Å²) in [5.74, 6) is 0.576. The maximum absolute atomic E-state index is 10.6. The molecule has 1 aliphatic rings. The highest BCUT2D eigenvalue weighted by molar-refractivity contribution is 6.42. The SMILES string of the molecule is OC(CC1CCCCC1)c1c(Cl)c(Cl)cc2cncn12. The van der Waals surface area contributed by atoms with Crippen LogP contribution < -0.4 is 0 Å². The van der Waals surface area contributed by atoms with Gasteiger partial charge in [-0.2, -0.15) is 0 Å². The Labute approximate surface area is 128 Å². The molecule has 0 radical (unpaired) electrons. The first kappa shape index (κ1) is 14.2. The lowest BCUT2D eigenvalue weighted by atomic mass is 9.85. The Morgan fingerprint density at radius 2 is 2.05 bits per heavy atom. The molecule has 0 aromatic carbocycles. The molecular formula is C15H18Cl2N2O. The highest BCUT2D eigenvalue weighted by atomic mass is 35.5. The largest absolute Gasteiger partial charge is 0.387 e. The third kappa shape index (κ3) is 2.67. The van der Waals surface area contributed by atoms with Gasteiger partial charge in [-0.15, -0.1) is 0 Å². The number of aliphatic hydroxyl groups excluding tert-OH is 1. The summed E-state index contributed by atoms with van der Waals surface area (Å²) in [5, 5.41) is 11.5. The van der Waals surface area contributed by atoms with Crippen molar-refractivity contribution in [2.45, 2.75) is 44.6 Å². The van der Waals surface area contributed by atoms with Gasteiger partial charge in [-0.3, -0.25) is 4.40 Å². The molecule has 0 amide bonds. The van der Waals surface area contributed by atoms with E-state index in [1.807, 2.05) is 4.40 Å². The van der Waals surface area contributed by atoms with Gasteiger partial charge in [0.1, 0.15) is 0 Å². The summed E-state index contributed by atoms with van der Waals surface area (Å²) in [4.78, 5) is 4.11. The van der Waals surface area contributed by atoms with Crippen molar-refractivity contribution in [3.05, 3.63) is 34.3 Å². The molecule has 1 atom stereocenters. The topological polar surface area (TPSA) is 37.5 Å². The highest BCUT2D eigenvalue weighted by Gasteiger charge is 2.23. The van der Waals surface area contributed by atoms with Crippen LogP contribution in [0.3, 0.4) is 0 Å². The van der Waals surface area contributed by atoms with E-state index >= 15 is 0 Å². The normalized spacial score (nSPS) is 18.6. The zero-order valence-electron chi connectivity index (χ0n) is 11.2. The van der Waals surface area contributed by atoms with Gasteiger partial charge < -0.3 is 5.11 Å². The number of fused-ring (bicyclic) bond motifs is 1. The first-order valence-electron chi connectivity index (χ1n) is 7.15. The number of halogens is 2. The average Bonchev–Trinajstić information content (AvgIpc) is 2.88. The Balaban J connectivity index is 1.91. The number of aromatic nitrogens is 2. The predicted molar refractivity (Wildman–Crippen MR) is 81.4 cm³/mol. The first-order valence-corrected chi connectivity index (χ1v) is 7.90. The molecule has 0 aliphatic heterocycles. The third-order valence-corrected chi connectivity index (χ3v) is 5.02. The van der Waals surface area contributed by atoms with Crippen LogP contribution in [0.1, 0.15) is 50.3 Å². The van der Waals surface area contributed by atoms with Crippen molar-refractivity contribution >= 4 is 28.7 Å². The summed E-state index contributed by atoms with van der Waals surface area (Å²) in [6.07, 6.45) is 9.79. The van der Waals surface area contributed by atoms with Gasteiger partial charge in [0.05, 0.1) is 39.9 Å². The zero-order chi connectivity index (χ0) is 14.1. The Bertz CT molecular complexity index is 605. The molecule has 2 aromatic heterocycles. The Hall–Kier alpha value is -0.770. The number of rotatable bonds is 3. The number of aliphatic hydroxyl groups is 1. The maximum atomic E-state index is 10.6. The van der Waals surface area contributed by atoms with Gasteiger partial charge in [0, 0.05) is 0 Å². The minimum atomic E-state index is -0.596. The van der Waals surface area contributed by atoms with Crippen LogP contribution in [0.15, 0.2) is 18.6 Å². The molecule has 2 heterocycles. The van der Waals surface area contributed by atoms with Gasteiger partial charge in [-0.25, -0.2) is 4.98 Å². The van der Waals surface area contributed by atoms with E-state index in [2.05, 4.69) is 4.98 Å². The molecule has 1 fully saturated rings. The van der Waals surface area contributed by atoms with Crippen molar-refractivity contribution in [1.82, 2.24) is 9.38 Å². The van der Waals surface area contributed by atoms with Crippen LogP contribution in [-0.2, 0) is 0 Å². The lowest BCUT2D eigenvalue weighted by Crippen LogP contribution is -2.13. The second-order valence-corrected chi connectivity index (χ2v) is 6.42. The standard InChI is InChI=1S/C15H18Cl2N2O/c16-12-7-11-8-18-9-19(11)15(14(12)17)13(20)6-10-4-2-1-3-5-10/h7-10,13,20H,1-6H2. The van der Waals surface area contributed by atoms with Crippen molar-refractivity contribution in [3.63, 3.8) is 0 Å². The summed E-state index contributed by atoms with van der Waals surface area (Å²) < 4.78 is 1.84. The number of hydrogen-bond acceptors (Lipinski definition) is 2. The summed E-state index contributed by atoms with van der Waals surface area (Å²) >= 11 is 12.5. The molecule has 0 bridgehead atoms. The fourth-order valence-corrected chi connectivity index (χ4v) is 3.67. The molecule has 3 rings (SSSR count). The van der Waals surface area contributed by atoms with Gasteiger partial charge in [0.15, 0.2) is 0 Å². The second-order valence-electron chi connectivity index (χ2n) is 5.64. The number of pyridine rings is 1. The van der Waals surface area contributed by atoms with Gasteiger partial charge >= 0.3 is 0 Å². The molecule has 5 heteroatoms. The summed E-state index contributed by atoms with van der Waals surface area (Å²) in [6, 6.07) is 1.77. The predicted octanol–water partition coefficient (Wildman–Crippen LogP) is 4.64. The van der Waals surface area contributed by atoms with E-state index in [0.29, 0.717) is 21.7 Å². The van der Waals surface area contributed by atoms with E-state index in [9.17, 15) is 5.11 Å². The van der Waals surface area contributed by atoms with Crippen LogP contribution in [0, 0.1) is 5.92 Å². The van der Waals surface area contributed by atoms with Gasteiger partial charge in [0.2, 0.25) is 0 Å². The van der Waals surface area contributed by atoms with Crippen molar-refractivity contribution in [2.75, 3.05) is 0 Å². The van der Waals surface area contributed by atoms with E-state index < -0.39 is 6.10 Å². The minimum Gasteiger partial charge on any atom is -0.387 e. The molecule has 20 heavy (non-hydrogen) atoms. The quantitative estimate of drug-likeness (QED) is 0.896. The molecule has 2 aromatic rings. The molecule has 1 saturated carbocycles. The Kier molecular flexibility index (Phi) is 4.20. The Morgan fingerprint density at radius 3 is 2.80 bits per heavy atom. The van der Waals surface area contributed by atoms with Crippen LogP contribution >= 0.6 is 23.2 Å². The van der Waals surface area contributed by atoms with E-state index in [1.54, 1.807) is 18.6 Å². The fourth-order valence-electron chi connectivity index (χ4n) is 3.19. The number of imidazole rings is 1. The van der Waals surface area contributed by atoms with Gasteiger partial charge in [0.25, 0.3) is 0 Å². The highest BCUT2D eigenvalue weighted by Crippen LogP contribution is 2.37. The molecule has 0 spiro atoms. The summed E-state index contributed by atoms with van der Waals surface area (Å²) in [6.45, 7) is 0. The molecule has 0 saturated heterocycles. The van der Waals surface area contributed by atoms with Crippen molar-refractivity contribution < 1.29 is 5.11 Å². The minimum absolute atomic E-state index is 0.431. The molecule has 1 N–H and O–H groups in total. The van der Waals surface area contributed by atoms with Gasteiger partial charge in [-0.05, 0) is 18.4 Å². The second kappa shape index (κ2) is 5.92. The van der Waals surface area contributed by atoms with E-state index in [4.69, 9.17) is 23.2 Å². The first-order chi connectivity index (χ1) is 9.66. The molecular weight excluding hydrogens is 295 g/mol. The van der Waals surface area contributed by atoms with Crippen molar-refractivity contribution in [2.24, 2.45) is 5.92 Å². The van der Waals surface area contributed by atoms with Gasteiger partial charge in [-0.1, -0.05) is 55.3 Å². The lowest BCUT2D eigenvalue weighted by molar-refractivity contribution is 0.126. The summed E-state index contributed by atoms with van der Waals surface area (Å²) in [7, 11) is 0. The van der Waals surface area contributed by atoms with Crippen molar-refractivity contribution in [3.8, 4) is 0 Å². The monoisotopic (exact) mass is 312 g/mol. The number of nitrogens with zero attached hydrogens (tertiary/aromatic N) is 2. The zero-order valence-corrected chi connectivity index (χ0v) is 12.7. The van der Waals surface area contributed by atoms with E-state index in [0.717, 1.165) is 11.9 Å². The molecule has 108 valence electrons. The number of hydrogen-bond donors (Lipinski definition) is 1. The fraction of sp³-hybridized carbons (Fsp3) is 0.533. The third-order valence-electron chi connectivity index (χ3n) is 4.23. The van der Waals surface area contributed by atoms with Crippen LogP contribution in [-0.4, -0.2) is 14.5 Å². The molecule has 3 nitrogen and oxygen atoms in total. The lowest BCUT2D eigenvalue weighted by Gasteiger charge is -2.25. The average molecular weight is 313 g/mol. The van der Waals surface area contributed by atoms with Crippen LogP contribution in [0.4, 0.5) is 0 Å². The van der Waals surface area contributed by atoms with Crippen LogP contribution in [0.2, 0.25) is 10.0 Å². The van der Waals surface area contributed by atoms with Crippen LogP contribution in [0.25, 0.3) is 5.52 Å². The smallest absolute Gasteiger partial charge is 0.0995 e. The van der Waals surface area contributed by atoms with E-state index in [1.165, 1.54) is 32.1 Å². The molecule has 1 aliphatic carbocycles. The van der Waals surface area contributed by atoms with Crippen molar-refractivity contribution in [1.29, 1.82) is 0 Å².